The minimum absolute atomic E-state index is 0.175. The summed E-state index contributed by atoms with van der Waals surface area (Å²) in [7, 11) is 0. The van der Waals surface area contributed by atoms with Crippen molar-refractivity contribution in [2.75, 3.05) is 5.32 Å². The highest BCUT2D eigenvalue weighted by Gasteiger charge is 2.18. The predicted molar refractivity (Wildman–Crippen MR) is 99.9 cm³/mol. The molecule has 6 nitrogen and oxygen atoms in total. The van der Waals surface area contributed by atoms with E-state index >= 15 is 0 Å². The van der Waals surface area contributed by atoms with Gasteiger partial charge in [-0.25, -0.2) is 13.8 Å². The Morgan fingerprint density at radius 3 is 2.57 bits per heavy atom. The minimum atomic E-state index is -1.04. The third kappa shape index (κ3) is 3.39. The van der Waals surface area contributed by atoms with Gasteiger partial charge in [-0.3, -0.25) is 9.78 Å². The third-order valence-electron chi connectivity index (χ3n) is 3.95. The van der Waals surface area contributed by atoms with Crippen LogP contribution in [0.3, 0.4) is 0 Å². The molecule has 4 aromatic rings. The fraction of sp³-hybridized carbons (Fsp3) is 0.0526. The maximum atomic E-state index is 13.7. The number of carbonyl (C=O) groups is 1. The van der Waals surface area contributed by atoms with E-state index in [4.69, 9.17) is 4.52 Å². The Hall–Kier alpha value is -3.46. The zero-order valence-corrected chi connectivity index (χ0v) is 15.3. The first-order valence-corrected chi connectivity index (χ1v) is 8.93. The summed E-state index contributed by atoms with van der Waals surface area (Å²) in [5.41, 5.74) is 1.18. The number of halogens is 2. The first-order chi connectivity index (χ1) is 13.5. The summed E-state index contributed by atoms with van der Waals surface area (Å²) in [5.74, 6) is -2.16. The Morgan fingerprint density at radius 2 is 1.93 bits per heavy atom. The molecule has 140 valence electrons. The molecule has 1 N–H and O–H groups in total. The number of aryl methyl sites for hydroxylation is 1. The van der Waals surface area contributed by atoms with E-state index in [2.05, 4.69) is 20.4 Å². The van der Waals surface area contributed by atoms with E-state index in [1.165, 1.54) is 11.3 Å². The number of nitrogens with one attached hydrogen (secondary N) is 1. The van der Waals surface area contributed by atoms with Crippen molar-refractivity contribution in [3.63, 3.8) is 0 Å². The maximum absolute atomic E-state index is 13.7. The number of aromatic nitrogens is 3. The summed E-state index contributed by atoms with van der Waals surface area (Å²) in [4.78, 5) is 21.6. The Morgan fingerprint density at radius 1 is 1.14 bits per heavy atom. The van der Waals surface area contributed by atoms with Crippen molar-refractivity contribution >= 4 is 23.1 Å². The number of rotatable bonds is 4. The first kappa shape index (κ1) is 17.9. The molecule has 1 amide bonds. The average molecular weight is 398 g/mol. The summed E-state index contributed by atoms with van der Waals surface area (Å²) in [6.45, 7) is 1.97. The van der Waals surface area contributed by atoms with E-state index in [0.29, 0.717) is 5.76 Å². The fourth-order valence-corrected chi connectivity index (χ4v) is 3.76. The molecule has 28 heavy (non-hydrogen) atoms. The number of amides is 1. The highest BCUT2D eigenvalue weighted by atomic mass is 32.1. The van der Waals surface area contributed by atoms with Crippen molar-refractivity contribution in [3.8, 4) is 21.1 Å². The van der Waals surface area contributed by atoms with Crippen LogP contribution < -0.4 is 5.32 Å². The lowest BCUT2D eigenvalue weighted by atomic mass is 10.1. The second kappa shape index (κ2) is 7.28. The zero-order chi connectivity index (χ0) is 19.7. The summed E-state index contributed by atoms with van der Waals surface area (Å²) in [6.07, 6.45) is 4.72. The summed E-state index contributed by atoms with van der Waals surface area (Å²) in [5, 5.41) is 6.09. The Labute approximate surface area is 161 Å². The van der Waals surface area contributed by atoms with Gasteiger partial charge in [0.2, 0.25) is 0 Å². The monoisotopic (exact) mass is 398 g/mol. The van der Waals surface area contributed by atoms with Crippen LogP contribution in [0.2, 0.25) is 0 Å². The number of thiophene rings is 1. The summed E-state index contributed by atoms with van der Waals surface area (Å²) >= 11 is 1.52. The number of nitrogens with zero attached hydrogens (tertiary/aromatic N) is 3. The van der Waals surface area contributed by atoms with Crippen LogP contribution in [0.1, 0.15) is 15.9 Å². The van der Waals surface area contributed by atoms with Crippen LogP contribution in [0.4, 0.5) is 14.6 Å². The van der Waals surface area contributed by atoms with Crippen LogP contribution in [0, 0.1) is 18.6 Å². The maximum Gasteiger partial charge on any atom is 0.262 e. The second-order valence-electron chi connectivity index (χ2n) is 5.86. The minimum Gasteiger partial charge on any atom is -0.355 e. The van der Waals surface area contributed by atoms with Gasteiger partial charge in [-0.1, -0.05) is 5.16 Å². The van der Waals surface area contributed by atoms with Gasteiger partial charge < -0.3 is 9.84 Å². The van der Waals surface area contributed by atoms with Crippen molar-refractivity contribution < 1.29 is 18.1 Å². The van der Waals surface area contributed by atoms with Crippen LogP contribution in [-0.4, -0.2) is 21.0 Å². The van der Waals surface area contributed by atoms with Crippen molar-refractivity contribution in [1.29, 1.82) is 0 Å². The van der Waals surface area contributed by atoms with Gasteiger partial charge in [0.25, 0.3) is 5.91 Å². The molecule has 0 fully saturated rings. The highest BCUT2D eigenvalue weighted by molar-refractivity contribution is 7.19. The first-order valence-electron chi connectivity index (χ1n) is 8.11. The van der Waals surface area contributed by atoms with Gasteiger partial charge in [0.1, 0.15) is 11.4 Å². The molecular weight excluding hydrogens is 386 g/mol. The van der Waals surface area contributed by atoms with Crippen LogP contribution in [0.5, 0.6) is 0 Å². The molecule has 4 heterocycles. The number of anilines is 1. The highest BCUT2D eigenvalue weighted by Crippen LogP contribution is 2.37. The van der Waals surface area contributed by atoms with Gasteiger partial charge in [0.05, 0.1) is 23.5 Å². The van der Waals surface area contributed by atoms with E-state index in [0.717, 1.165) is 33.3 Å². The van der Waals surface area contributed by atoms with Crippen molar-refractivity contribution in [3.05, 3.63) is 71.8 Å². The lowest BCUT2D eigenvalue weighted by Gasteiger charge is -2.07. The standard InChI is InChI=1S/C19H12F2N4O2S/c1-10-6-15(14-4-5-24-27-14)28-18(10)11-2-3-16(23-7-11)25-19(26)17-12(20)8-22-9-13(17)21/h2-9H,1H3,(H,23,25,26). The lowest BCUT2D eigenvalue weighted by Crippen LogP contribution is -2.16. The number of pyridine rings is 2. The molecule has 4 aromatic heterocycles. The van der Waals surface area contributed by atoms with Crippen LogP contribution in [-0.2, 0) is 0 Å². The number of hydrogen-bond donors (Lipinski definition) is 1. The number of carbonyl (C=O) groups excluding carboxylic acids is 1. The van der Waals surface area contributed by atoms with Crippen molar-refractivity contribution in [2.24, 2.45) is 0 Å². The quantitative estimate of drug-likeness (QED) is 0.539. The van der Waals surface area contributed by atoms with E-state index in [1.807, 2.05) is 13.0 Å². The Kier molecular flexibility index (Phi) is 4.66. The molecule has 0 atom stereocenters. The SMILES string of the molecule is Cc1cc(-c2ccno2)sc1-c1ccc(NC(=O)c2c(F)cncc2F)nc1. The topological polar surface area (TPSA) is 80.9 Å². The molecule has 4 rings (SSSR count). The van der Waals surface area contributed by atoms with Gasteiger partial charge in [-0.2, -0.15) is 0 Å². The molecule has 0 aliphatic heterocycles. The van der Waals surface area contributed by atoms with E-state index < -0.39 is 23.1 Å². The largest absolute Gasteiger partial charge is 0.355 e. The van der Waals surface area contributed by atoms with Gasteiger partial charge in [-0.05, 0) is 30.7 Å². The lowest BCUT2D eigenvalue weighted by molar-refractivity contribution is 0.101. The van der Waals surface area contributed by atoms with Crippen LogP contribution >= 0.6 is 11.3 Å². The Bertz CT molecular complexity index is 1120. The summed E-state index contributed by atoms with van der Waals surface area (Å²) in [6, 6.07) is 7.11. The van der Waals surface area contributed by atoms with Crippen LogP contribution in [0.25, 0.3) is 21.1 Å². The van der Waals surface area contributed by atoms with E-state index in [9.17, 15) is 13.6 Å². The number of hydrogen-bond acceptors (Lipinski definition) is 6. The third-order valence-corrected chi connectivity index (χ3v) is 5.25. The van der Waals surface area contributed by atoms with Gasteiger partial charge in [0.15, 0.2) is 17.4 Å². The van der Waals surface area contributed by atoms with Gasteiger partial charge in [0, 0.05) is 22.7 Å². The zero-order valence-electron chi connectivity index (χ0n) is 14.4. The van der Waals surface area contributed by atoms with Crippen molar-refractivity contribution in [1.82, 2.24) is 15.1 Å². The average Bonchev–Trinajstić information content (AvgIpc) is 3.32. The molecule has 0 unspecified atom stereocenters. The fourth-order valence-electron chi connectivity index (χ4n) is 2.64. The van der Waals surface area contributed by atoms with Crippen molar-refractivity contribution in [2.45, 2.75) is 6.92 Å². The molecule has 0 radical (unpaired) electrons. The molecule has 0 saturated heterocycles. The van der Waals surface area contributed by atoms with Gasteiger partial charge >= 0.3 is 0 Å². The molecule has 0 saturated carbocycles. The molecule has 0 bridgehead atoms. The van der Waals surface area contributed by atoms with Crippen LogP contribution in [0.15, 0.2) is 53.6 Å². The molecule has 0 aromatic carbocycles. The molecule has 9 heteroatoms. The Balaban J connectivity index is 1.56. The molecule has 0 aliphatic carbocycles. The normalized spacial score (nSPS) is 10.8. The molecular formula is C19H12F2N4O2S. The molecule has 0 spiro atoms. The van der Waals surface area contributed by atoms with E-state index in [-0.39, 0.29) is 5.82 Å². The summed E-state index contributed by atoms with van der Waals surface area (Å²) < 4.78 is 32.5. The molecule has 0 aliphatic rings. The van der Waals surface area contributed by atoms with E-state index in [1.54, 1.807) is 30.6 Å². The smallest absolute Gasteiger partial charge is 0.262 e. The predicted octanol–water partition coefficient (Wildman–Crippen LogP) is 4.70. The second-order valence-corrected chi connectivity index (χ2v) is 6.92. The van der Waals surface area contributed by atoms with Gasteiger partial charge in [-0.15, -0.1) is 11.3 Å².